The summed E-state index contributed by atoms with van der Waals surface area (Å²) >= 11 is 1.15. The number of nitrogens with one attached hydrogen (secondary N) is 1. The third-order valence-corrected chi connectivity index (χ3v) is 2.79. The molecule has 0 saturated heterocycles. The molecular formula is C10H8F3N3OS. The largest absolute Gasteiger partial charge is 0.483 e. The van der Waals surface area contributed by atoms with Crippen LogP contribution in [0.2, 0.25) is 0 Å². The van der Waals surface area contributed by atoms with E-state index >= 15 is 0 Å². The summed E-state index contributed by atoms with van der Waals surface area (Å²) in [6, 6.07) is 6.44. The van der Waals surface area contributed by atoms with Gasteiger partial charge < -0.3 is 4.74 Å². The second kappa shape index (κ2) is 5.30. The van der Waals surface area contributed by atoms with Crippen molar-refractivity contribution in [3.05, 3.63) is 30.6 Å². The van der Waals surface area contributed by atoms with Crippen LogP contribution in [0, 0.1) is 0 Å². The summed E-state index contributed by atoms with van der Waals surface area (Å²) < 4.78 is 41.0. The number of hydrogen-bond acceptors (Lipinski definition) is 4. The fourth-order valence-electron chi connectivity index (χ4n) is 1.16. The van der Waals surface area contributed by atoms with Gasteiger partial charge in [0.25, 0.3) is 0 Å². The van der Waals surface area contributed by atoms with Gasteiger partial charge in [0, 0.05) is 0 Å². The lowest BCUT2D eigenvalue weighted by atomic mass is 10.3. The van der Waals surface area contributed by atoms with Gasteiger partial charge in [-0.2, -0.15) is 18.3 Å². The van der Waals surface area contributed by atoms with Gasteiger partial charge in [0.1, 0.15) is 12.1 Å². The molecule has 0 saturated carbocycles. The van der Waals surface area contributed by atoms with Crippen LogP contribution in [0.3, 0.4) is 0 Å². The molecule has 0 aliphatic carbocycles. The Morgan fingerprint density at radius 1 is 1.28 bits per heavy atom. The van der Waals surface area contributed by atoms with E-state index in [-0.39, 0.29) is 5.75 Å². The first-order chi connectivity index (χ1) is 8.54. The highest BCUT2D eigenvalue weighted by Crippen LogP contribution is 2.33. The maximum Gasteiger partial charge on any atom is 0.422 e. The number of alkyl halides is 3. The Labute approximate surface area is 105 Å². The third-order valence-electron chi connectivity index (χ3n) is 1.84. The van der Waals surface area contributed by atoms with Crippen LogP contribution in [-0.2, 0) is 0 Å². The van der Waals surface area contributed by atoms with Crippen molar-refractivity contribution < 1.29 is 17.9 Å². The maximum absolute atomic E-state index is 12.1. The topological polar surface area (TPSA) is 50.8 Å². The van der Waals surface area contributed by atoms with E-state index in [0.29, 0.717) is 10.1 Å². The first kappa shape index (κ1) is 12.7. The summed E-state index contributed by atoms with van der Waals surface area (Å²) in [5.41, 5.74) is 0. The van der Waals surface area contributed by atoms with Crippen molar-refractivity contribution >= 4 is 11.8 Å². The first-order valence-electron chi connectivity index (χ1n) is 4.86. The van der Waals surface area contributed by atoms with Crippen LogP contribution in [0.4, 0.5) is 13.2 Å². The van der Waals surface area contributed by atoms with Gasteiger partial charge in [0.05, 0.1) is 4.90 Å². The summed E-state index contributed by atoms with van der Waals surface area (Å²) in [5, 5.41) is 6.75. The van der Waals surface area contributed by atoms with Crippen molar-refractivity contribution in [2.75, 3.05) is 6.61 Å². The minimum absolute atomic E-state index is 0.163. The number of rotatable bonds is 4. The monoisotopic (exact) mass is 275 g/mol. The van der Waals surface area contributed by atoms with Gasteiger partial charge in [0.2, 0.25) is 0 Å². The van der Waals surface area contributed by atoms with Gasteiger partial charge in [0.15, 0.2) is 11.8 Å². The Morgan fingerprint density at radius 2 is 2.06 bits per heavy atom. The molecule has 1 aromatic carbocycles. The number of aromatic nitrogens is 3. The molecule has 0 unspecified atom stereocenters. The van der Waals surface area contributed by atoms with Crippen LogP contribution >= 0.6 is 11.8 Å². The van der Waals surface area contributed by atoms with Crippen LogP contribution in [0.25, 0.3) is 0 Å². The van der Waals surface area contributed by atoms with E-state index in [0.717, 1.165) is 11.8 Å². The number of aromatic amines is 1. The molecule has 0 radical (unpaired) electrons. The van der Waals surface area contributed by atoms with E-state index in [1.807, 2.05) is 0 Å². The summed E-state index contributed by atoms with van der Waals surface area (Å²) in [4.78, 5) is 4.42. The minimum atomic E-state index is -4.36. The van der Waals surface area contributed by atoms with Gasteiger partial charge >= 0.3 is 6.18 Å². The predicted molar refractivity (Wildman–Crippen MR) is 58.5 cm³/mol. The van der Waals surface area contributed by atoms with E-state index in [2.05, 4.69) is 15.2 Å². The zero-order valence-corrected chi connectivity index (χ0v) is 9.76. The lowest BCUT2D eigenvalue weighted by molar-refractivity contribution is -0.153. The van der Waals surface area contributed by atoms with Crippen LogP contribution in [0.5, 0.6) is 5.75 Å². The maximum atomic E-state index is 12.1. The second-order valence-electron chi connectivity index (χ2n) is 3.24. The molecule has 0 spiro atoms. The molecule has 1 N–H and O–H groups in total. The third kappa shape index (κ3) is 3.66. The Kier molecular flexibility index (Phi) is 3.75. The molecule has 4 nitrogen and oxygen atoms in total. The molecule has 0 amide bonds. The average Bonchev–Trinajstić information content (AvgIpc) is 2.80. The zero-order chi connectivity index (χ0) is 13.0. The molecule has 1 heterocycles. The van der Waals surface area contributed by atoms with Gasteiger partial charge in [-0.3, -0.25) is 5.10 Å². The fraction of sp³-hybridized carbons (Fsp3) is 0.200. The summed E-state index contributed by atoms with van der Waals surface area (Å²) in [5.74, 6) is 0.163. The number of para-hydroxylation sites is 1. The SMILES string of the molecule is FC(F)(F)COc1ccccc1Sc1ncn[nH]1. The number of hydrogen-bond donors (Lipinski definition) is 1. The standard InChI is InChI=1S/C10H8F3N3OS/c11-10(12,13)5-17-7-3-1-2-4-8(7)18-9-14-6-15-16-9/h1-4,6H,5H2,(H,14,15,16). The summed E-state index contributed by atoms with van der Waals surface area (Å²) in [6.45, 7) is -1.32. The Balaban J connectivity index is 2.10. The van der Waals surface area contributed by atoms with Crippen LogP contribution in [0.15, 0.2) is 40.6 Å². The quantitative estimate of drug-likeness (QED) is 0.932. The molecule has 0 atom stereocenters. The van der Waals surface area contributed by atoms with Gasteiger partial charge in [-0.05, 0) is 23.9 Å². The molecule has 2 rings (SSSR count). The number of halogens is 3. The lowest BCUT2D eigenvalue weighted by Crippen LogP contribution is -2.19. The fourth-order valence-corrected chi connectivity index (χ4v) is 1.94. The molecular weight excluding hydrogens is 267 g/mol. The van der Waals surface area contributed by atoms with Crippen molar-refractivity contribution in [1.29, 1.82) is 0 Å². The molecule has 0 aliphatic heterocycles. The highest BCUT2D eigenvalue weighted by Gasteiger charge is 2.28. The van der Waals surface area contributed by atoms with E-state index in [1.54, 1.807) is 18.2 Å². The van der Waals surface area contributed by atoms with Crippen molar-refractivity contribution in [2.24, 2.45) is 0 Å². The van der Waals surface area contributed by atoms with Crippen molar-refractivity contribution in [2.45, 2.75) is 16.2 Å². The molecule has 0 aliphatic rings. The number of H-pyrrole nitrogens is 1. The van der Waals surface area contributed by atoms with E-state index in [4.69, 9.17) is 4.74 Å². The molecule has 0 bridgehead atoms. The minimum Gasteiger partial charge on any atom is -0.483 e. The second-order valence-corrected chi connectivity index (χ2v) is 4.27. The normalized spacial score (nSPS) is 11.5. The first-order valence-corrected chi connectivity index (χ1v) is 5.68. The highest BCUT2D eigenvalue weighted by molar-refractivity contribution is 7.99. The lowest BCUT2D eigenvalue weighted by Gasteiger charge is -2.11. The van der Waals surface area contributed by atoms with E-state index in [1.165, 1.54) is 12.4 Å². The van der Waals surface area contributed by atoms with Crippen LogP contribution in [0.1, 0.15) is 0 Å². The van der Waals surface area contributed by atoms with Crippen LogP contribution < -0.4 is 4.74 Å². The summed E-state index contributed by atoms with van der Waals surface area (Å²) in [7, 11) is 0. The summed E-state index contributed by atoms with van der Waals surface area (Å²) in [6.07, 6.45) is -3.04. The van der Waals surface area contributed by atoms with Crippen molar-refractivity contribution in [3.8, 4) is 5.75 Å². The molecule has 8 heteroatoms. The molecule has 0 fully saturated rings. The molecule has 96 valence electrons. The van der Waals surface area contributed by atoms with Gasteiger partial charge in [-0.1, -0.05) is 12.1 Å². The predicted octanol–water partition coefficient (Wildman–Crippen LogP) is 2.90. The van der Waals surface area contributed by atoms with E-state index in [9.17, 15) is 13.2 Å². The zero-order valence-electron chi connectivity index (χ0n) is 8.94. The Bertz CT molecular complexity index is 501. The van der Waals surface area contributed by atoms with Gasteiger partial charge in [-0.25, -0.2) is 4.98 Å². The van der Waals surface area contributed by atoms with Crippen molar-refractivity contribution in [1.82, 2.24) is 15.2 Å². The Hall–Kier alpha value is -1.70. The smallest absolute Gasteiger partial charge is 0.422 e. The molecule has 18 heavy (non-hydrogen) atoms. The highest BCUT2D eigenvalue weighted by atomic mass is 32.2. The number of nitrogens with zero attached hydrogens (tertiary/aromatic N) is 2. The number of benzene rings is 1. The average molecular weight is 275 g/mol. The number of ether oxygens (including phenoxy) is 1. The van der Waals surface area contributed by atoms with E-state index < -0.39 is 12.8 Å². The van der Waals surface area contributed by atoms with Gasteiger partial charge in [-0.15, -0.1) is 0 Å². The molecule has 1 aromatic heterocycles. The van der Waals surface area contributed by atoms with Crippen LogP contribution in [-0.4, -0.2) is 28.0 Å². The molecule has 2 aromatic rings. The Morgan fingerprint density at radius 3 is 2.72 bits per heavy atom. The van der Waals surface area contributed by atoms with Crippen molar-refractivity contribution in [3.63, 3.8) is 0 Å².